The highest BCUT2D eigenvalue weighted by molar-refractivity contribution is 7.11. The SMILES string of the molecule is CC1=CC[C@H](C(=O)N(c2csc(C#CC(C)(C)C)c2)[C@H]2CC[C@@]3(CC2)CO3)[C@@H](C)C1. The third-order valence-electron chi connectivity index (χ3n) is 6.81. The number of ether oxygens (including phenoxy) is 1. The van der Waals surface area contributed by atoms with Gasteiger partial charge in [-0.3, -0.25) is 4.79 Å². The second-order valence-electron chi connectivity index (χ2n) is 10.7. The molecule has 1 saturated carbocycles. The lowest BCUT2D eigenvalue weighted by Crippen LogP contribution is -2.47. The Morgan fingerprint density at radius 2 is 2.00 bits per heavy atom. The molecule has 2 heterocycles. The van der Waals surface area contributed by atoms with E-state index in [1.54, 1.807) is 11.3 Å². The zero-order valence-corrected chi connectivity index (χ0v) is 19.9. The van der Waals surface area contributed by atoms with E-state index in [1.165, 1.54) is 5.57 Å². The van der Waals surface area contributed by atoms with Gasteiger partial charge in [-0.05, 0) is 78.2 Å². The second kappa shape index (κ2) is 8.17. The van der Waals surface area contributed by atoms with Crippen LogP contribution >= 0.6 is 11.3 Å². The minimum Gasteiger partial charge on any atom is -0.370 e. The average molecular weight is 426 g/mol. The number of thiophene rings is 1. The van der Waals surface area contributed by atoms with Crippen molar-refractivity contribution in [2.75, 3.05) is 11.5 Å². The second-order valence-corrected chi connectivity index (χ2v) is 11.6. The van der Waals surface area contributed by atoms with Gasteiger partial charge in [0.1, 0.15) is 0 Å². The van der Waals surface area contributed by atoms with Gasteiger partial charge < -0.3 is 9.64 Å². The van der Waals surface area contributed by atoms with Crippen LogP contribution in [0.4, 0.5) is 5.69 Å². The number of anilines is 1. The highest BCUT2D eigenvalue weighted by Crippen LogP contribution is 2.44. The lowest BCUT2D eigenvalue weighted by Gasteiger charge is -2.39. The van der Waals surface area contributed by atoms with Gasteiger partial charge in [-0.2, -0.15) is 0 Å². The Bertz CT molecular complexity index is 880. The fourth-order valence-electron chi connectivity index (χ4n) is 4.88. The smallest absolute Gasteiger partial charge is 0.230 e. The van der Waals surface area contributed by atoms with Crippen molar-refractivity contribution in [3.63, 3.8) is 0 Å². The standard InChI is InChI=1S/C26H35NO2S/c1-18-6-7-23(19(2)14-18)24(28)27(20-8-12-26(13-9-20)17-29-26)21-15-22(30-16-21)10-11-25(3,4)5/h6,15-16,19-20,23H,7-9,12-14,17H2,1-5H3/t19-,20-,23-,26+/m0/s1. The van der Waals surface area contributed by atoms with Crippen molar-refractivity contribution in [1.29, 1.82) is 0 Å². The predicted octanol–water partition coefficient (Wildman–Crippen LogP) is 6.18. The number of carbonyl (C=O) groups excluding carboxylic acids is 1. The van der Waals surface area contributed by atoms with Crippen molar-refractivity contribution in [3.8, 4) is 11.8 Å². The Balaban J connectivity index is 1.60. The molecule has 1 aliphatic heterocycles. The van der Waals surface area contributed by atoms with Crippen molar-refractivity contribution in [2.24, 2.45) is 17.3 Å². The number of allylic oxidation sites excluding steroid dienone is 2. The van der Waals surface area contributed by atoms with Crippen LogP contribution < -0.4 is 4.90 Å². The minimum absolute atomic E-state index is 0.0245. The molecule has 1 aromatic heterocycles. The van der Waals surface area contributed by atoms with Crippen LogP contribution in [0, 0.1) is 29.1 Å². The summed E-state index contributed by atoms with van der Waals surface area (Å²) >= 11 is 1.66. The van der Waals surface area contributed by atoms with E-state index in [-0.39, 0.29) is 23.0 Å². The zero-order valence-electron chi connectivity index (χ0n) is 19.1. The fourth-order valence-corrected chi connectivity index (χ4v) is 5.61. The normalized spacial score (nSPS) is 31.0. The van der Waals surface area contributed by atoms with Gasteiger partial charge in [-0.15, -0.1) is 11.3 Å². The van der Waals surface area contributed by atoms with Gasteiger partial charge in [0.15, 0.2) is 0 Å². The lowest BCUT2D eigenvalue weighted by molar-refractivity contribution is -0.124. The fraction of sp³-hybridized carbons (Fsp3) is 0.654. The number of rotatable bonds is 3. The molecule has 2 fully saturated rings. The molecular weight excluding hydrogens is 390 g/mol. The van der Waals surface area contributed by atoms with Crippen LogP contribution in [-0.4, -0.2) is 24.2 Å². The first-order valence-corrected chi connectivity index (χ1v) is 12.3. The molecule has 2 atom stereocenters. The number of hydrogen-bond donors (Lipinski definition) is 0. The summed E-state index contributed by atoms with van der Waals surface area (Å²) in [5.74, 6) is 7.42. The topological polar surface area (TPSA) is 32.8 Å². The molecule has 0 bridgehead atoms. The van der Waals surface area contributed by atoms with Crippen molar-refractivity contribution in [1.82, 2.24) is 0 Å². The van der Waals surface area contributed by atoms with E-state index >= 15 is 0 Å². The third kappa shape index (κ3) is 4.84. The Morgan fingerprint density at radius 3 is 2.60 bits per heavy atom. The maximum absolute atomic E-state index is 13.9. The molecule has 0 N–H and O–H groups in total. The highest BCUT2D eigenvalue weighted by Gasteiger charge is 2.48. The Kier molecular flexibility index (Phi) is 5.90. The van der Waals surface area contributed by atoms with E-state index in [9.17, 15) is 4.79 Å². The van der Waals surface area contributed by atoms with Crippen molar-refractivity contribution < 1.29 is 9.53 Å². The first kappa shape index (κ1) is 21.7. The molecule has 4 heteroatoms. The van der Waals surface area contributed by atoms with Crippen molar-refractivity contribution >= 4 is 22.9 Å². The first-order chi connectivity index (χ1) is 14.2. The quantitative estimate of drug-likeness (QED) is 0.329. The van der Waals surface area contributed by atoms with E-state index in [4.69, 9.17) is 4.74 Å². The van der Waals surface area contributed by atoms with E-state index in [0.29, 0.717) is 11.8 Å². The molecule has 3 nitrogen and oxygen atoms in total. The van der Waals surface area contributed by atoms with Crippen LogP contribution in [0.1, 0.15) is 78.0 Å². The lowest BCUT2D eigenvalue weighted by atomic mass is 9.79. The summed E-state index contributed by atoms with van der Waals surface area (Å²) in [5.41, 5.74) is 2.57. The number of nitrogens with zero attached hydrogens (tertiary/aromatic N) is 1. The Labute approximate surface area is 185 Å². The van der Waals surface area contributed by atoms with Crippen molar-refractivity contribution in [3.05, 3.63) is 28.0 Å². The molecule has 1 amide bonds. The summed E-state index contributed by atoms with van der Waals surface area (Å²) < 4.78 is 5.72. The van der Waals surface area contributed by atoms with Crippen LogP contribution in [0.2, 0.25) is 0 Å². The van der Waals surface area contributed by atoms with Gasteiger partial charge in [-0.25, -0.2) is 0 Å². The molecule has 3 aliphatic rings. The highest BCUT2D eigenvalue weighted by atomic mass is 32.1. The molecule has 0 radical (unpaired) electrons. The predicted molar refractivity (Wildman–Crippen MR) is 125 cm³/mol. The van der Waals surface area contributed by atoms with Gasteiger partial charge >= 0.3 is 0 Å². The molecule has 4 rings (SSSR count). The molecule has 1 spiro atoms. The molecule has 30 heavy (non-hydrogen) atoms. The molecular formula is C26H35NO2S. The van der Waals surface area contributed by atoms with Crippen LogP contribution in [0.5, 0.6) is 0 Å². The number of epoxide rings is 1. The summed E-state index contributed by atoms with van der Waals surface area (Å²) in [5, 5.41) is 2.14. The summed E-state index contributed by atoms with van der Waals surface area (Å²) in [6.45, 7) is 11.7. The molecule has 2 aliphatic carbocycles. The summed E-state index contributed by atoms with van der Waals surface area (Å²) in [7, 11) is 0. The van der Waals surface area contributed by atoms with Gasteiger partial charge in [0.05, 0.1) is 22.8 Å². The largest absolute Gasteiger partial charge is 0.370 e. The summed E-state index contributed by atoms with van der Waals surface area (Å²) in [4.78, 5) is 17.0. The maximum atomic E-state index is 13.9. The molecule has 1 saturated heterocycles. The summed E-state index contributed by atoms with van der Waals surface area (Å²) in [6, 6.07) is 2.40. The van der Waals surface area contributed by atoms with Gasteiger partial charge in [-0.1, -0.05) is 30.4 Å². The molecule has 162 valence electrons. The van der Waals surface area contributed by atoms with Crippen molar-refractivity contribution in [2.45, 2.75) is 84.8 Å². The van der Waals surface area contributed by atoms with E-state index in [1.807, 2.05) is 0 Å². The molecule has 0 aromatic carbocycles. The minimum atomic E-state index is -0.0245. The third-order valence-corrected chi connectivity index (χ3v) is 7.65. The maximum Gasteiger partial charge on any atom is 0.230 e. The number of carbonyl (C=O) groups is 1. The van der Waals surface area contributed by atoms with E-state index in [2.05, 4.69) is 68.9 Å². The number of amides is 1. The van der Waals surface area contributed by atoms with Crippen LogP contribution in [-0.2, 0) is 9.53 Å². The summed E-state index contributed by atoms with van der Waals surface area (Å²) in [6.07, 6.45) is 8.35. The molecule has 0 unspecified atom stereocenters. The van der Waals surface area contributed by atoms with Crippen LogP contribution in [0.3, 0.4) is 0 Å². The van der Waals surface area contributed by atoms with Gasteiger partial charge in [0, 0.05) is 22.8 Å². The molecule has 1 aromatic rings. The van der Waals surface area contributed by atoms with E-state index < -0.39 is 0 Å². The van der Waals surface area contributed by atoms with Gasteiger partial charge in [0.25, 0.3) is 0 Å². The van der Waals surface area contributed by atoms with Gasteiger partial charge in [0.2, 0.25) is 5.91 Å². The van der Waals surface area contributed by atoms with Crippen LogP contribution in [0.25, 0.3) is 0 Å². The first-order valence-electron chi connectivity index (χ1n) is 11.4. The zero-order chi connectivity index (χ0) is 21.5. The Hall–Kier alpha value is -1.57. The Morgan fingerprint density at radius 1 is 1.30 bits per heavy atom. The average Bonchev–Trinajstić information content (AvgIpc) is 3.26. The van der Waals surface area contributed by atoms with Crippen LogP contribution in [0.15, 0.2) is 23.1 Å². The monoisotopic (exact) mass is 425 g/mol. The van der Waals surface area contributed by atoms with E-state index in [0.717, 1.165) is 55.7 Å². The number of hydrogen-bond acceptors (Lipinski definition) is 3.